The number of halogens is 1. The zero-order valence-corrected chi connectivity index (χ0v) is 13.3. The Morgan fingerprint density at radius 2 is 2.05 bits per heavy atom. The van der Waals surface area contributed by atoms with Crippen LogP contribution in [0.15, 0.2) is 11.0 Å². The second-order valence-electron chi connectivity index (χ2n) is 5.85. The van der Waals surface area contributed by atoms with Crippen LogP contribution in [0.4, 0.5) is 10.5 Å². The molecule has 0 bridgehead atoms. The summed E-state index contributed by atoms with van der Waals surface area (Å²) in [5.74, 6) is 0. The van der Waals surface area contributed by atoms with Crippen molar-refractivity contribution in [1.29, 1.82) is 0 Å². The molecule has 21 heavy (non-hydrogen) atoms. The highest BCUT2D eigenvalue weighted by Crippen LogP contribution is 2.27. The van der Waals surface area contributed by atoms with Gasteiger partial charge in [0.05, 0.1) is 6.20 Å². The molecular weight excluding hydrogens is 296 g/mol. The van der Waals surface area contributed by atoms with Gasteiger partial charge >= 0.3 is 6.09 Å². The summed E-state index contributed by atoms with van der Waals surface area (Å²) >= 11 is 6.09. The lowest BCUT2D eigenvalue weighted by Gasteiger charge is -2.31. The van der Waals surface area contributed by atoms with Gasteiger partial charge in [-0.15, -0.1) is 0 Å². The minimum absolute atomic E-state index is 0.0444. The highest BCUT2D eigenvalue weighted by atomic mass is 35.5. The zero-order valence-electron chi connectivity index (χ0n) is 12.6. The smallest absolute Gasteiger partial charge is 0.429 e. The first-order chi connectivity index (χ1) is 9.70. The van der Waals surface area contributed by atoms with E-state index in [2.05, 4.69) is 5.10 Å². The summed E-state index contributed by atoms with van der Waals surface area (Å²) in [5.41, 5.74) is -0.562. The van der Waals surface area contributed by atoms with Crippen molar-refractivity contribution in [2.45, 2.75) is 32.8 Å². The molecule has 1 aromatic rings. The first kappa shape index (κ1) is 15.6. The van der Waals surface area contributed by atoms with Crippen molar-refractivity contribution in [3.8, 4) is 0 Å². The van der Waals surface area contributed by atoms with Crippen LogP contribution in [0.1, 0.15) is 27.2 Å². The third kappa shape index (κ3) is 3.29. The molecule has 116 valence electrons. The predicted molar refractivity (Wildman–Crippen MR) is 79.4 cm³/mol. The van der Waals surface area contributed by atoms with Crippen LogP contribution < -0.4 is 10.6 Å². The molecule has 0 saturated carbocycles. The summed E-state index contributed by atoms with van der Waals surface area (Å²) in [5, 5.41) is 7.09. The van der Waals surface area contributed by atoms with Crippen molar-refractivity contribution in [2.75, 3.05) is 18.1 Å². The van der Waals surface area contributed by atoms with Gasteiger partial charge in [0.1, 0.15) is 16.3 Å². The monoisotopic (exact) mass is 314 g/mol. The normalized spacial score (nSPS) is 15.5. The van der Waals surface area contributed by atoms with E-state index in [4.69, 9.17) is 16.3 Å². The van der Waals surface area contributed by atoms with Crippen molar-refractivity contribution in [2.24, 2.45) is 7.05 Å². The standard InChI is InChI=1S/C13H19ClN4O3/c1-13(2,3)21-12(20)18-7-5-6-17(18)9-8-15-16(4)11(19)10(9)14/h8H,5-7H2,1-4H3. The first-order valence-electron chi connectivity index (χ1n) is 6.70. The number of aryl methyl sites for hydroxylation is 1. The van der Waals surface area contributed by atoms with Gasteiger partial charge < -0.3 is 4.74 Å². The van der Waals surface area contributed by atoms with E-state index in [-0.39, 0.29) is 5.02 Å². The average molecular weight is 315 g/mol. The lowest BCUT2D eigenvalue weighted by Crippen LogP contribution is -2.45. The molecule has 0 aliphatic carbocycles. The maximum absolute atomic E-state index is 12.2. The van der Waals surface area contributed by atoms with Crippen molar-refractivity contribution in [3.63, 3.8) is 0 Å². The summed E-state index contributed by atoms with van der Waals surface area (Å²) in [4.78, 5) is 24.1. The summed E-state index contributed by atoms with van der Waals surface area (Å²) in [6, 6.07) is 0. The molecule has 0 aromatic carbocycles. The second kappa shape index (κ2) is 5.55. The number of anilines is 1. The van der Waals surface area contributed by atoms with Crippen molar-refractivity contribution >= 4 is 23.4 Å². The molecule has 1 aromatic heterocycles. The van der Waals surface area contributed by atoms with Crippen LogP contribution in [0.2, 0.25) is 5.02 Å². The molecule has 0 atom stereocenters. The van der Waals surface area contributed by atoms with Gasteiger partial charge in [-0.05, 0) is 27.2 Å². The summed E-state index contributed by atoms with van der Waals surface area (Å²) < 4.78 is 6.52. The molecule has 1 fully saturated rings. The van der Waals surface area contributed by atoms with Crippen LogP contribution in [0, 0.1) is 0 Å². The zero-order chi connectivity index (χ0) is 15.8. The molecule has 2 heterocycles. The minimum Gasteiger partial charge on any atom is -0.442 e. The molecule has 2 rings (SSSR count). The summed E-state index contributed by atoms with van der Waals surface area (Å²) in [7, 11) is 1.52. The van der Waals surface area contributed by atoms with Crippen molar-refractivity contribution in [1.82, 2.24) is 14.8 Å². The van der Waals surface area contributed by atoms with Gasteiger partial charge in [-0.25, -0.2) is 14.5 Å². The van der Waals surface area contributed by atoms with Crippen LogP contribution >= 0.6 is 11.6 Å². The van der Waals surface area contributed by atoms with E-state index in [0.717, 1.165) is 11.1 Å². The molecule has 8 heteroatoms. The number of carbonyl (C=O) groups is 1. The van der Waals surface area contributed by atoms with Crippen LogP contribution in [0.5, 0.6) is 0 Å². The Hall–Kier alpha value is -1.76. The Labute approximate surface area is 128 Å². The van der Waals surface area contributed by atoms with E-state index in [1.165, 1.54) is 18.3 Å². The maximum atomic E-state index is 12.2. The summed E-state index contributed by atoms with van der Waals surface area (Å²) in [6.07, 6.45) is 1.79. The fourth-order valence-corrected chi connectivity index (χ4v) is 2.32. The highest BCUT2D eigenvalue weighted by Gasteiger charge is 2.32. The Morgan fingerprint density at radius 3 is 2.67 bits per heavy atom. The Kier molecular flexibility index (Phi) is 4.13. The third-order valence-electron chi connectivity index (χ3n) is 2.97. The lowest BCUT2D eigenvalue weighted by atomic mass is 10.2. The van der Waals surface area contributed by atoms with Crippen molar-refractivity contribution in [3.05, 3.63) is 21.6 Å². The predicted octanol–water partition coefficient (Wildman–Crippen LogP) is 1.80. The van der Waals surface area contributed by atoms with Gasteiger partial charge in [0.25, 0.3) is 5.56 Å². The second-order valence-corrected chi connectivity index (χ2v) is 6.23. The van der Waals surface area contributed by atoms with E-state index < -0.39 is 17.3 Å². The SMILES string of the molecule is Cn1ncc(N2CCCN2C(=O)OC(C)(C)C)c(Cl)c1=O. The topological polar surface area (TPSA) is 67.7 Å². The Bertz CT molecular complexity index is 608. The minimum atomic E-state index is -0.583. The van der Waals surface area contributed by atoms with E-state index in [1.807, 2.05) is 0 Å². The molecule has 1 aliphatic rings. The van der Waals surface area contributed by atoms with Crippen LogP contribution in [-0.2, 0) is 11.8 Å². The average Bonchev–Trinajstić information content (AvgIpc) is 2.83. The van der Waals surface area contributed by atoms with Crippen molar-refractivity contribution < 1.29 is 9.53 Å². The molecule has 1 aliphatic heterocycles. The quantitative estimate of drug-likeness (QED) is 0.790. The molecule has 0 N–H and O–H groups in total. The number of ether oxygens (including phenoxy) is 1. The van der Waals surface area contributed by atoms with E-state index in [9.17, 15) is 9.59 Å². The van der Waals surface area contributed by atoms with Gasteiger partial charge in [0.2, 0.25) is 0 Å². The lowest BCUT2D eigenvalue weighted by molar-refractivity contribution is 0.0274. The number of nitrogens with zero attached hydrogens (tertiary/aromatic N) is 4. The third-order valence-corrected chi connectivity index (χ3v) is 3.33. The van der Waals surface area contributed by atoms with E-state index >= 15 is 0 Å². The largest absolute Gasteiger partial charge is 0.442 e. The number of carbonyl (C=O) groups excluding carboxylic acids is 1. The molecule has 1 saturated heterocycles. The van der Waals surface area contributed by atoms with E-state index in [1.54, 1.807) is 25.8 Å². The summed E-state index contributed by atoms with van der Waals surface area (Å²) in [6.45, 7) is 6.50. The molecule has 0 spiro atoms. The number of aromatic nitrogens is 2. The first-order valence-corrected chi connectivity index (χ1v) is 7.08. The van der Waals surface area contributed by atoms with Gasteiger partial charge in [-0.2, -0.15) is 5.10 Å². The molecule has 7 nitrogen and oxygen atoms in total. The fourth-order valence-electron chi connectivity index (χ4n) is 2.05. The molecule has 0 radical (unpaired) electrons. The van der Waals surface area contributed by atoms with Gasteiger partial charge in [0.15, 0.2) is 0 Å². The highest BCUT2D eigenvalue weighted by molar-refractivity contribution is 6.33. The van der Waals surface area contributed by atoms with E-state index in [0.29, 0.717) is 18.8 Å². The molecule has 1 amide bonds. The Balaban J connectivity index is 2.29. The van der Waals surface area contributed by atoms with Crippen LogP contribution in [0.3, 0.4) is 0 Å². The van der Waals surface area contributed by atoms with Gasteiger partial charge in [-0.3, -0.25) is 9.80 Å². The van der Waals surface area contributed by atoms with Gasteiger partial charge in [-0.1, -0.05) is 11.6 Å². The number of hydrogen-bond donors (Lipinski definition) is 0. The molecule has 0 unspecified atom stereocenters. The maximum Gasteiger partial charge on any atom is 0.429 e. The number of hydrogen-bond acceptors (Lipinski definition) is 5. The Morgan fingerprint density at radius 1 is 1.38 bits per heavy atom. The van der Waals surface area contributed by atoms with Gasteiger partial charge in [0, 0.05) is 20.1 Å². The number of rotatable bonds is 1. The van der Waals surface area contributed by atoms with Crippen LogP contribution in [-0.4, -0.2) is 39.6 Å². The number of hydrazine groups is 1. The number of amides is 1. The van der Waals surface area contributed by atoms with Crippen LogP contribution in [0.25, 0.3) is 0 Å². The fraction of sp³-hybridized carbons (Fsp3) is 0.615. The molecular formula is C13H19ClN4O3.